The van der Waals surface area contributed by atoms with Gasteiger partial charge in [0.15, 0.2) is 0 Å². The fourth-order valence-corrected chi connectivity index (χ4v) is 2.41. The summed E-state index contributed by atoms with van der Waals surface area (Å²) in [6.07, 6.45) is 1.84. The Balaban J connectivity index is 2.98. The largest absolute Gasteiger partial charge is 0.250 e. The summed E-state index contributed by atoms with van der Waals surface area (Å²) in [6.45, 7) is 6.39. The number of hydrogen-bond acceptors (Lipinski definition) is 2. The molecule has 1 nitrogen and oxygen atoms in total. The van der Waals surface area contributed by atoms with Crippen molar-refractivity contribution >= 4 is 23.4 Å². The van der Waals surface area contributed by atoms with Gasteiger partial charge in [0.05, 0.1) is 5.88 Å². The zero-order valence-electron chi connectivity index (χ0n) is 8.17. The molecule has 0 aromatic carbocycles. The summed E-state index contributed by atoms with van der Waals surface area (Å²) >= 11 is 7.64. The molecule has 0 aliphatic carbocycles. The van der Waals surface area contributed by atoms with Gasteiger partial charge in [-0.15, -0.1) is 23.4 Å². The van der Waals surface area contributed by atoms with Crippen LogP contribution in [0.25, 0.3) is 0 Å². The minimum atomic E-state index is 0.550. The average molecular weight is 216 g/mol. The van der Waals surface area contributed by atoms with E-state index in [4.69, 9.17) is 11.6 Å². The van der Waals surface area contributed by atoms with E-state index in [9.17, 15) is 0 Å². The van der Waals surface area contributed by atoms with Crippen molar-refractivity contribution in [3.05, 3.63) is 23.4 Å². The van der Waals surface area contributed by atoms with Crippen molar-refractivity contribution < 1.29 is 0 Å². The molecule has 0 spiro atoms. The van der Waals surface area contributed by atoms with E-state index in [0.717, 1.165) is 5.03 Å². The van der Waals surface area contributed by atoms with Gasteiger partial charge in [-0.05, 0) is 18.6 Å². The number of hydrogen-bond donors (Lipinski definition) is 0. The molecule has 0 aliphatic rings. The van der Waals surface area contributed by atoms with Crippen LogP contribution in [-0.4, -0.2) is 10.2 Å². The molecule has 0 bridgehead atoms. The Morgan fingerprint density at radius 1 is 1.54 bits per heavy atom. The lowest BCUT2D eigenvalue weighted by Gasteiger charge is -2.09. The fourth-order valence-electron chi connectivity index (χ4n) is 1.05. The number of thioether (sulfide) groups is 1. The summed E-state index contributed by atoms with van der Waals surface area (Å²) in [7, 11) is 0. The number of aryl methyl sites for hydroxylation is 1. The molecule has 0 unspecified atom stereocenters. The molecule has 72 valence electrons. The molecule has 0 saturated heterocycles. The Kier molecular flexibility index (Phi) is 4.07. The lowest BCUT2D eigenvalue weighted by Crippen LogP contribution is -1.95. The van der Waals surface area contributed by atoms with Crippen molar-refractivity contribution in [2.45, 2.75) is 36.9 Å². The molecule has 1 heterocycles. The lowest BCUT2D eigenvalue weighted by atomic mass is 10.2. The van der Waals surface area contributed by atoms with Crippen LogP contribution in [0.2, 0.25) is 0 Å². The van der Waals surface area contributed by atoms with Crippen LogP contribution in [0, 0.1) is 6.92 Å². The highest BCUT2D eigenvalue weighted by atomic mass is 35.5. The third-order valence-electron chi connectivity index (χ3n) is 1.73. The predicted molar refractivity (Wildman–Crippen MR) is 59.5 cm³/mol. The first kappa shape index (κ1) is 10.9. The van der Waals surface area contributed by atoms with Gasteiger partial charge in [-0.1, -0.05) is 13.8 Å². The summed E-state index contributed by atoms with van der Waals surface area (Å²) in [4.78, 5) is 4.33. The number of nitrogens with zero attached hydrogens (tertiary/aromatic N) is 1. The molecular formula is C10H14ClNS. The molecule has 3 heteroatoms. The Morgan fingerprint density at radius 2 is 2.23 bits per heavy atom. The van der Waals surface area contributed by atoms with Crippen molar-refractivity contribution in [3.8, 4) is 0 Å². The van der Waals surface area contributed by atoms with E-state index in [2.05, 4.69) is 25.8 Å². The number of halogens is 1. The molecule has 1 aromatic rings. The molecule has 0 aliphatic heterocycles. The second-order valence-corrected chi connectivity index (χ2v) is 5.04. The Labute approximate surface area is 88.9 Å². The molecule has 0 saturated carbocycles. The van der Waals surface area contributed by atoms with Crippen molar-refractivity contribution in [1.29, 1.82) is 0 Å². The van der Waals surface area contributed by atoms with Gasteiger partial charge in [0, 0.05) is 17.0 Å². The number of alkyl halides is 1. The molecule has 1 rings (SSSR count). The molecule has 0 amide bonds. The zero-order chi connectivity index (χ0) is 9.84. The predicted octanol–water partition coefficient (Wildman–Crippen LogP) is 3.63. The molecular weight excluding hydrogens is 202 g/mol. The van der Waals surface area contributed by atoms with E-state index >= 15 is 0 Å². The van der Waals surface area contributed by atoms with Gasteiger partial charge in [-0.2, -0.15) is 0 Å². The summed E-state index contributed by atoms with van der Waals surface area (Å²) in [5.41, 5.74) is 2.40. The normalized spacial score (nSPS) is 10.8. The van der Waals surface area contributed by atoms with Crippen LogP contribution < -0.4 is 0 Å². The molecule has 0 atom stereocenters. The van der Waals surface area contributed by atoms with Gasteiger partial charge in [0.25, 0.3) is 0 Å². The number of rotatable bonds is 3. The van der Waals surface area contributed by atoms with Crippen LogP contribution in [0.1, 0.15) is 25.0 Å². The first-order valence-corrected chi connectivity index (χ1v) is 5.73. The topological polar surface area (TPSA) is 12.9 Å². The molecule has 0 radical (unpaired) electrons. The third kappa shape index (κ3) is 2.89. The van der Waals surface area contributed by atoms with Crippen LogP contribution in [0.5, 0.6) is 0 Å². The fraction of sp³-hybridized carbons (Fsp3) is 0.500. The third-order valence-corrected chi connectivity index (χ3v) is 3.05. The molecule has 0 N–H and O–H groups in total. The molecule has 1 aromatic heterocycles. The smallest absolute Gasteiger partial charge is 0.101 e. The first-order valence-electron chi connectivity index (χ1n) is 4.32. The number of aromatic nitrogens is 1. The van der Waals surface area contributed by atoms with Crippen molar-refractivity contribution in [3.63, 3.8) is 0 Å². The maximum Gasteiger partial charge on any atom is 0.101 e. The maximum atomic E-state index is 5.87. The van der Waals surface area contributed by atoms with Gasteiger partial charge in [-0.25, -0.2) is 4.98 Å². The second-order valence-electron chi connectivity index (χ2n) is 3.21. The van der Waals surface area contributed by atoms with Gasteiger partial charge in [-0.3, -0.25) is 0 Å². The van der Waals surface area contributed by atoms with E-state index in [-0.39, 0.29) is 0 Å². The van der Waals surface area contributed by atoms with E-state index in [1.807, 2.05) is 12.3 Å². The Morgan fingerprint density at radius 3 is 2.77 bits per heavy atom. The Hall–Kier alpha value is -0.210. The lowest BCUT2D eigenvalue weighted by molar-refractivity contribution is 1.02. The van der Waals surface area contributed by atoms with Crippen molar-refractivity contribution in [2.75, 3.05) is 0 Å². The first-order chi connectivity index (χ1) is 6.15. The average Bonchev–Trinajstić information content (AvgIpc) is 2.03. The quantitative estimate of drug-likeness (QED) is 0.564. The van der Waals surface area contributed by atoms with Crippen LogP contribution >= 0.6 is 23.4 Å². The van der Waals surface area contributed by atoms with Crippen LogP contribution in [0.4, 0.5) is 0 Å². The van der Waals surface area contributed by atoms with E-state index in [0.29, 0.717) is 11.1 Å². The highest BCUT2D eigenvalue weighted by Crippen LogP contribution is 2.27. The van der Waals surface area contributed by atoms with E-state index in [1.54, 1.807) is 11.8 Å². The summed E-state index contributed by atoms with van der Waals surface area (Å²) in [6, 6.07) is 2.00. The summed E-state index contributed by atoms with van der Waals surface area (Å²) < 4.78 is 0. The van der Waals surface area contributed by atoms with Crippen LogP contribution in [-0.2, 0) is 5.88 Å². The van der Waals surface area contributed by atoms with Gasteiger partial charge in [0.1, 0.15) is 5.03 Å². The van der Waals surface area contributed by atoms with Gasteiger partial charge in [0.2, 0.25) is 0 Å². The highest BCUT2D eigenvalue weighted by molar-refractivity contribution is 7.99. The highest BCUT2D eigenvalue weighted by Gasteiger charge is 2.07. The van der Waals surface area contributed by atoms with E-state index in [1.165, 1.54) is 11.1 Å². The minimum Gasteiger partial charge on any atom is -0.250 e. The monoisotopic (exact) mass is 215 g/mol. The zero-order valence-corrected chi connectivity index (χ0v) is 9.75. The molecule has 13 heavy (non-hydrogen) atoms. The van der Waals surface area contributed by atoms with Crippen LogP contribution in [0.15, 0.2) is 17.3 Å². The van der Waals surface area contributed by atoms with Gasteiger partial charge < -0.3 is 0 Å². The Bertz CT molecular complexity index is 286. The summed E-state index contributed by atoms with van der Waals surface area (Å²) in [5.74, 6) is 0.550. The van der Waals surface area contributed by atoms with Crippen molar-refractivity contribution in [2.24, 2.45) is 0 Å². The van der Waals surface area contributed by atoms with Crippen molar-refractivity contribution in [1.82, 2.24) is 4.98 Å². The number of pyridine rings is 1. The SMILES string of the molecule is Cc1ccnc(SC(C)C)c1CCl. The summed E-state index contributed by atoms with van der Waals surface area (Å²) in [5, 5.41) is 1.63. The second kappa shape index (κ2) is 4.87. The maximum absolute atomic E-state index is 5.87. The van der Waals surface area contributed by atoms with Crippen LogP contribution in [0.3, 0.4) is 0 Å². The standard InChI is InChI=1S/C10H14ClNS/c1-7(2)13-10-9(6-11)8(3)4-5-12-10/h4-5,7H,6H2,1-3H3. The van der Waals surface area contributed by atoms with E-state index < -0.39 is 0 Å². The van der Waals surface area contributed by atoms with Gasteiger partial charge >= 0.3 is 0 Å². The minimum absolute atomic E-state index is 0.550. The molecule has 0 fully saturated rings.